The molecule has 0 bridgehead atoms. The highest BCUT2D eigenvalue weighted by Crippen LogP contribution is 2.23. The number of ether oxygens (including phenoxy) is 1. The summed E-state index contributed by atoms with van der Waals surface area (Å²) in [5.74, 6) is -2.84. The van der Waals surface area contributed by atoms with Crippen LogP contribution >= 0.6 is 0 Å². The van der Waals surface area contributed by atoms with Crippen LogP contribution in [-0.2, 0) is 19.6 Å². The molecule has 0 saturated heterocycles. The molecule has 0 spiro atoms. The molecule has 21 heavy (non-hydrogen) atoms. The molecule has 1 rings (SSSR count). The molecule has 0 aliphatic carbocycles. The van der Waals surface area contributed by atoms with Gasteiger partial charge in [-0.15, -0.1) is 0 Å². The first-order chi connectivity index (χ1) is 9.47. The van der Waals surface area contributed by atoms with Crippen molar-refractivity contribution in [3.05, 3.63) is 29.8 Å². The van der Waals surface area contributed by atoms with Crippen LogP contribution in [0.15, 0.2) is 23.1 Å². The minimum absolute atomic E-state index is 0.556. The Hall–Kier alpha value is -1.54. The van der Waals surface area contributed by atoms with Crippen molar-refractivity contribution in [3.63, 3.8) is 0 Å². The predicted octanol–water partition coefficient (Wildman–Crippen LogP) is 1.83. The molecule has 1 aromatic rings. The van der Waals surface area contributed by atoms with Gasteiger partial charge in [-0.2, -0.15) is 4.72 Å². The molecule has 8 heteroatoms. The Morgan fingerprint density at radius 3 is 2.05 bits per heavy atom. The summed E-state index contributed by atoms with van der Waals surface area (Å²) in [4.78, 5) is 11.1. The fraction of sp³-hybridized carbons (Fsp3) is 0.462. The Labute approximate surface area is 122 Å². The maximum absolute atomic E-state index is 13.1. The Morgan fingerprint density at radius 1 is 1.19 bits per heavy atom. The van der Waals surface area contributed by atoms with Gasteiger partial charge in [0, 0.05) is 6.07 Å². The topological polar surface area (TPSA) is 72.5 Å². The number of carbonyl (C=O) groups excluding carboxylic acids is 1. The Bertz CT molecular complexity index is 618. The number of halogens is 2. The SMILES string of the molecule is COC(=O)C(NS(=O)(=O)c1cc(F)cc(F)c1)C(C)(C)C. The maximum atomic E-state index is 13.1. The summed E-state index contributed by atoms with van der Waals surface area (Å²) in [7, 11) is -3.15. The van der Waals surface area contributed by atoms with Crippen LogP contribution in [0.25, 0.3) is 0 Å². The van der Waals surface area contributed by atoms with E-state index in [2.05, 4.69) is 9.46 Å². The monoisotopic (exact) mass is 321 g/mol. The molecule has 0 aromatic heterocycles. The van der Waals surface area contributed by atoms with Gasteiger partial charge in [-0.25, -0.2) is 17.2 Å². The predicted molar refractivity (Wildman–Crippen MR) is 71.9 cm³/mol. The Balaban J connectivity index is 3.21. The van der Waals surface area contributed by atoms with Crippen LogP contribution in [0, 0.1) is 17.0 Å². The Morgan fingerprint density at radius 2 is 1.67 bits per heavy atom. The molecular formula is C13H17F2NO4S. The van der Waals surface area contributed by atoms with Crippen LogP contribution in [0.2, 0.25) is 0 Å². The number of esters is 1. The van der Waals surface area contributed by atoms with Crippen LogP contribution in [0.5, 0.6) is 0 Å². The number of benzene rings is 1. The zero-order valence-corrected chi connectivity index (χ0v) is 12.9. The molecule has 0 amide bonds. The number of methoxy groups -OCH3 is 1. The molecule has 118 valence electrons. The molecule has 1 N–H and O–H groups in total. The van der Waals surface area contributed by atoms with E-state index in [0.29, 0.717) is 18.2 Å². The van der Waals surface area contributed by atoms with E-state index in [1.807, 2.05) is 0 Å². The quantitative estimate of drug-likeness (QED) is 0.859. The zero-order chi connectivity index (χ0) is 16.4. The van der Waals surface area contributed by atoms with Crippen molar-refractivity contribution in [2.45, 2.75) is 31.7 Å². The van der Waals surface area contributed by atoms with Gasteiger partial charge < -0.3 is 4.74 Å². The molecule has 0 saturated carbocycles. The summed E-state index contributed by atoms with van der Waals surface area (Å²) in [5, 5.41) is 0. The minimum Gasteiger partial charge on any atom is -0.468 e. The first kappa shape index (κ1) is 17.5. The average Bonchev–Trinajstić information content (AvgIpc) is 2.32. The Kier molecular flexibility index (Phi) is 5.06. The second kappa shape index (κ2) is 6.07. The van der Waals surface area contributed by atoms with Crippen LogP contribution in [0.1, 0.15) is 20.8 Å². The molecule has 0 fully saturated rings. The number of hydrogen-bond donors (Lipinski definition) is 1. The van der Waals surface area contributed by atoms with E-state index in [4.69, 9.17) is 0 Å². The van der Waals surface area contributed by atoms with Gasteiger partial charge in [0.2, 0.25) is 10.0 Å². The average molecular weight is 321 g/mol. The number of nitrogens with one attached hydrogen (secondary N) is 1. The van der Waals surface area contributed by atoms with Crippen LogP contribution < -0.4 is 4.72 Å². The lowest BCUT2D eigenvalue weighted by atomic mass is 9.87. The van der Waals surface area contributed by atoms with E-state index in [1.165, 1.54) is 0 Å². The van der Waals surface area contributed by atoms with E-state index in [1.54, 1.807) is 20.8 Å². The number of carbonyl (C=O) groups is 1. The molecule has 0 aliphatic heterocycles. The van der Waals surface area contributed by atoms with Crippen molar-refractivity contribution in [2.24, 2.45) is 5.41 Å². The van der Waals surface area contributed by atoms with Crippen molar-refractivity contribution in [1.82, 2.24) is 4.72 Å². The van der Waals surface area contributed by atoms with Crippen molar-refractivity contribution in [1.29, 1.82) is 0 Å². The zero-order valence-electron chi connectivity index (χ0n) is 12.1. The van der Waals surface area contributed by atoms with E-state index >= 15 is 0 Å². The lowest BCUT2D eigenvalue weighted by Crippen LogP contribution is -2.49. The highest BCUT2D eigenvalue weighted by Gasteiger charge is 2.36. The summed E-state index contributed by atoms with van der Waals surface area (Å²) >= 11 is 0. The van der Waals surface area contributed by atoms with E-state index < -0.39 is 44.0 Å². The maximum Gasteiger partial charge on any atom is 0.324 e. The van der Waals surface area contributed by atoms with E-state index in [-0.39, 0.29) is 0 Å². The molecule has 0 heterocycles. The van der Waals surface area contributed by atoms with Gasteiger partial charge in [0.25, 0.3) is 0 Å². The summed E-state index contributed by atoms with van der Waals surface area (Å²) in [6.07, 6.45) is 0. The van der Waals surface area contributed by atoms with Crippen molar-refractivity contribution >= 4 is 16.0 Å². The van der Waals surface area contributed by atoms with Crippen molar-refractivity contribution in [3.8, 4) is 0 Å². The molecule has 0 radical (unpaired) electrons. The molecule has 1 aromatic carbocycles. The fourth-order valence-electron chi connectivity index (χ4n) is 1.60. The normalized spacial score (nSPS) is 13.8. The fourth-order valence-corrected chi connectivity index (χ4v) is 3.03. The standard InChI is InChI=1S/C13H17F2NO4S/c1-13(2,3)11(12(17)20-4)16-21(18,19)10-6-8(14)5-9(15)7-10/h5-7,11,16H,1-4H3. The third kappa shape index (κ3) is 4.47. The van der Waals surface area contributed by atoms with Crippen molar-refractivity contribution in [2.75, 3.05) is 7.11 Å². The van der Waals surface area contributed by atoms with Gasteiger partial charge in [0.05, 0.1) is 12.0 Å². The minimum atomic E-state index is -4.27. The summed E-state index contributed by atoms with van der Waals surface area (Å²) < 4.78 is 57.3. The lowest BCUT2D eigenvalue weighted by Gasteiger charge is -2.28. The van der Waals surface area contributed by atoms with Gasteiger partial charge in [0.15, 0.2) is 0 Å². The van der Waals surface area contributed by atoms with Gasteiger partial charge in [-0.05, 0) is 17.5 Å². The number of hydrogen-bond acceptors (Lipinski definition) is 4. The number of rotatable bonds is 4. The summed E-state index contributed by atoms with van der Waals surface area (Å²) in [6.45, 7) is 4.88. The summed E-state index contributed by atoms with van der Waals surface area (Å²) in [6, 6.07) is 0.699. The molecular weight excluding hydrogens is 304 g/mol. The van der Waals surface area contributed by atoms with Crippen LogP contribution in [0.3, 0.4) is 0 Å². The molecule has 1 unspecified atom stereocenters. The molecule has 0 aliphatic rings. The largest absolute Gasteiger partial charge is 0.468 e. The van der Waals surface area contributed by atoms with Crippen LogP contribution in [-0.4, -0.2) is 27.5 Å². The first-order valence-electron chi connectivity index (χ1n) is 6.03. The highest BCUT2D eigenvalue weighted by atomic mass is 32.2. The summed E-state index contributed by atoms with van der Waals surface area (Å²) in [5.41, 5.74) is -0.786. The second-order valence-electron chi connectivity index (χ2n) is 5.55. The third-order valence-corrected chi connectivity index (χ3v) is 4.12. The number of sulfonamides is 1. The van der Waals surface area contributed by atoms with Gasteiger partial charge >= 0.3 is 5.97 Å². The van der Waals surface area contributed by atoms with Gasteiger partial charge in [-0.1, -0.05) is 20.8 Å². The molecule has 5 nitrogen and oxygen atoms in total. The van der Waals surface area contributed by atoms with Gasteiger partial charge in [-0.3, -0.25) is 4.79 Å². The second-order valence-corrected chi connectivity index (χ2v) is 7.26. The van der Waals surface area contributed by atoms with Crippen LogP contribution in [0.4, 0.5) is 8.78 Å². The highest BCUT2D eigenvalue weighted by molar-refractivity contribution is 7.89. The van der Waals surface area contributed by atoms with Gasteiger partial charge in [0.1, 0.15) is 17.7 Å². The first-order valence-corrected chi connectivity index (χ1v) is 7.52. The van der Waals surface area contributed by atoms with Crippen molar-refractivity contribution < 1.29 is 26.7 Å². The van der Waals surface area contributed by atoms with E-state index in [0.717, 1.165) is 7.11 Å². The van der Waals surface area contributed by atoms with E-state index in [9.17, 15) is 22.0 Å². The smallest absolute Gasteiger partial charge is 0.324 e. The lowest BCUT2D eigenvalue weighted by molar-refractivity contribution is -0.145. The molecule has 1 atom stereocenters. The third-order valence-electron chi connectivity index (χ3n) is 2.72.